The molecule has 0 radical (unpaired) electrons. The second-order valence-corrected chi connectivity index (χ2v) is 4.07. The summed E-state index contributed by atoms with van der Waals surface area (Å²) in [5.41, 5.74) is 0.920. The first-order valence-electron chi connectivity index (χ1n) is 5.46. The molecule has 0 bridgehead atoms. The van der Waals surface area contributed by atoms with Gasteiger partial charge in [-0.15, -0.1) is 6.58 Å². The van der Waals surface area contributed by atoms with E-state index in [1.54, 1.807) is 0 Å². The topological polar surface area (TPSA) is 25.2 Å². The third-order valence-corrected chi connectivity index (χ3v) is 2.72. The van der Waals surface area contributed by atoms with Gasteiger partial charge in [0.25, 0.3) is 0 Å². The maximum absolute atomic E-state index is 6.11. The molecule has 3 heteroatoms. The Bertz CT molecular complexity index is 504. The fourth-order valence-corrected chi connectivity index (χ4v) is 1.81. The molecule has 2 rings (SSSR count). The van der Waals surface area contributed by atoms with E-state index in [9.17, 15) is 0 Å². The van der Waals surface area contributed by atoms with Gasteiger partial charge in [-0.05, 0) is 24.3 Å². The van der Waals surface area contributed by atoms with Crippen molar-refractivity contribution >= 4 is 11.6 Å². The number of hydrogen-bond acceptors (Lipinski definition) is 2. The van der Waals surface area contributed by atoms with Crippen LogP contribution in [0.2, 0.25) is 5.02 Å². The Morgan fingerprint density at radius 2 is 2.06 bits per heavy atom. The molecular weight excluding hydrogens is 234 g/mol. The van der Waals surface area contributed by atoms with Crippen LogP contribution in [0, 0.1) is 0 Å². The normalized spacial score (nSPS) is 10.4. The number of halogens is 1. The van der Waals surface area contributed by atoms with Gasteiger partial charge in [-0.1, -0.05) is 29.8 Å². The van der Waals surface area contributed by atoms with Crippen molar-refractivity contribution in [2.75, 3.05) is 6.54 Å². The van der Waals surface area contributed by atoms with Gasteiger partial charge in [-0.3, -0.25) is 0 Å². The maximum atomic E-state index is 6.11. The summed E-state index contributed by atoms with van der Waals surface area (Å²) in [5, 5.41) is 3.89. The molecule has 1 N–H and O–H groups in total. The second-order valence-electron chi connectivity index (χ2n) is 3.67. The van der Waals surface area contributed by atoms with Crippen molar-refractivity contribution < 1.29 is 4.42 Å². The van der Waals surface area contributed by atoms with E-state index in [1.807, 2.05) is 42.5 Å². The van der Waals surface area contributed by atoms with Crippen molar-refractivity contribution in [1.29, 1.82) is 0 Å². The van der Waals surface area contributed by atoms with Crippen LogP contribution >= 0.6 is 11.6 Å². The molecule has 1 heterocycles. The van der Waals surface area contributed by atoms with E-state index in [1.165, 1.54) is 0 Å². The molecule has 0 aliphatic rings. The molecule has 0 fully saturated rings. The van der Waals surface area contributed by atoms with Crippen LogP contribution in [0.15, 0.2) is 53.5 Å². The lowest BCUT2D eigenvalue weighted by molar-refractivity contribution is 0.502. The summed E-state index contributed by atoms with van der Waals surface area (Å²) < 4.78 is 5.72. The molecule has 2 aromatic rings. The highest BCUT2D eigenvalue weighted by Crippen LogP contribution is 2.28. The fourth-order valence-electron chi connectivity index (χ4n) is 1.58. The SMILES string of the molecule is C=CCNCc1ccc(-c2ccccc2Cl)o1. The predicted octanol–water partition coefficient (Wildman–Crippen LogP) is 3.88. The Labute approximate surface area is 106 Å². The minimum Gasteiger partial charge on any atom is -0.460 e. The second kappa shape index (κ2) is 5.71. The van der Waals surface area contributed by atoms with Crippen LogP contribution < -0.4 is 5.32 Å². The van der Waals surface area contributed by atoms with E-state index in [-0.39, 0.29) is 0 Å². The molecule has 0 atom stereocenters. The average Bonchev–Trinajstić information content (AvgIpc) is 2.79. The van der Waals surface area contributed by atoms with Crippen molar-refractivity contribution in [1.82, 2.24) is 5.32 Å². The Balaban J connectivity index is 2.13. The Kier molecular flexibility index (Phi) is 4.02. The summed E-state index contributed by atoms with van der Waals surface area (Å²) >= 11 is 6.11. The van der Waals surface area contributed by atoms with Gasteiger partial charge in [0.15, 0.2) is 0 Å². The lowest BCUT2D eigenvalue weighted by atomic mass is 10.2. The molecule has 0 aliphatic carbocycles. The quantitative estimate of drug-likeness (QED) is 0.641. The van der Waals surface area contributed by atoms with Crippen LogP contribution in [0.4, 0.5) is 0 Å². The first kappa shape index (κ1) is 12.0. The van der Waals surface area contributed by atoms with Crippen LogP contribution in [0.25, 0.3) is 11.3 Å². The summed E-state index contributed by atoms with van der Waals surface area (Å²) in [4.78, 5) is 0. The van der Waals surface area contributed by atoms with Gasteiger partial charge < -0.3 is 9.73 Å². The summed E-state index contributed by atoms with van der Waals surface area (Å²) in [5.74, 6) is 1.69. The zero-order valence-electron chi connectivity index (χ0n) is 9.45. The number of furan rings is 1. The van der Waals surface area contributed by atoms with Gasteiger partial charge in [0.2, 0.25) is 0 Å². The van der Waals surface area contributed by atoms with Crippen molar-refractivity contribution in [3.8, 4) is 11.3 Å². The first-order chi connectivity index (χ1) is 8.31. The molecule has 17 heavy (non-hydrogen) atoms. The van der Waals surface area contributed by atoms with Crippen molar-refractivity contribution in [2.24, 2.45) is 0 Å². The fraction of sp³-hybridized carbons (Fsp3) is 0.143. The highest BCUT2D eigenvalue weighted by atomic mass is 35.5. The molecule has 0 amide bonds. The van der Waals surface area contributed by atoms with Crippen molar-refractivity contribution in [2.45, 2.75) is 6.54 Å². The van der Waals surface area contributed by atoms with E-state index in [0.29, 0.717) is 11.6 Å². The van der Waals surface area contributed by atoms with Crippen LogP contribution in [-0.2, 0) is 6.54 Å². The minimum atomic E-state index is 0.691. The molecule has 0 unspecified atom stereocenters. The molecular formula is C14H14ClNO. The summed E-state index contributed by atoms with van der Waals surface area (Å²) in [6.07, 6.45) is 1.82. The van der Waals surface area contributed by atoms with Crippen LogP contribution in [0.1, 0.15) is 5.76 Å². The Morgan fingerprint density at radius 3 is 2.82 bits per heavy atom. The molecule has 0 saturated carbocycles. The zero-order valence-corrected chi connectivity index (χ0v) is 10.2. The summed E-state index contributed by atoms with van der Waals surface area (Å²) in [6.45, 7) is 5.10. The molecule has 88 valence electrons. The number of benzene rings is 1. The number of hydrogen-bond donors (Lipinski definition) is 1. The molecule has 0 aliphatic heterocycles. The lowest BCUT2D eigenvalue weighted by Gasteiger charge is -2.00. The molecule has 0 saturated heterocycles. The van der Waals surface area contributed by atoms with Crippen LogP contribution in [-0.4, -0.2) is 6.54 Å². The van der Waals surface area contributed by atoms with Gasteiger partial charge in [0, 0.05) is 12.1 Å². The summed E-state index contributed by atoms with van der Waals surface area (Å²) in [7, 11) is 0. The van der Waals surface area contributed by atoms with E-state index < -0.39 is 0 Å². The smallest absolute Gasteiger partial charge is 0.135 e. The summed E-state index contributed by atoms with van der Waals surface area (Å²) in [6, 6.07) is 11.5. The zero-order chi connectivity index (χ0) is 12.1. The minimum absolute atomic E-state index is 0.691. The number of rotatable bonds is 5. The monoisotopic (exact) mass is 247 g/mol. The van der Waals surface area contributed by atoms with Gasteiger partial charge in [0.05, 0.1) is 11.6 Å². The third kappa shape index (κ3) is 2.99. The van der Waals surface area contributed by atoms with Crippen LogP contribution in [0.3, 0.4) is 0 Å². The lowest BCUT2D eigenvalue weighted by Crippen LogP contribution is -2.11. The van der Waals surface area contributed by atoms with Crippen LogP contribution in [0.5, 0.6) is 0 Å². The maximum Gasteiger partial charge on any atom is 0.135 e. The van der Waals surface area contributed by atoms with Crippen molar-refractivity contribution in [3.63, 3.8) is 0 Å². The third-order valence-electron chi connectivity index (χ3n) is 2.39. The standard InChI is InChI=1S/C14H14ClNO/c1-2-9-16-10-11-7-8-14(17-11)12-5-3-4-6-13(12)15/h2-8,16H,1,9-10H2. The molecule has 0 spiro atoms. The van der Waals surface area contributed by atoms with Gasteiger partial charge in [-0.25, -0.2) is 0 Å². The Morgan fingerprint density at radius 1 is 1.24 bits per heavy atom. The van der Waals surface area contributed by atoms with E-state index in [2.05, 4.69) is 11.9 Å². The largest absolute Gasteiger partial charge is 0.460 e. The van der Waals surface area contributed by atoms with Gasteiger partial charge in [0.1, 0.15) is 11.5 Å². The van der Waals surface area contributed by atoms with Gasteiger partial charge >= 0.3 is 0 Å². The Hall–Kier alpha value is -1.51. The van der Waals surface area contributed by atoms with E-state index in [4.69, 9.17) is 16.0 Å². The highest BCUT2D eigenvalue weighted by molar-refractivity contribution is 6.33. The predicted molar refractivity (Wildman–Crippen MR) is 71.1 cm³/mol. The van der Waals surface area contributed by atoms with Crippen molar-refractivity contribution in [3.05, 3.63) is 59.8 Å². The number of nitrogens with one attached hydrogen (secondary N) is 1. The van der Waals surface area contributed by atoms with Gasteiger partial charge in [-0.2, -0.15) is 0 Å². The first-order valence-corrected chi connectivity index (χ1v) is 5.84. The molecule has 1 aromatic heterocycles. The van der Waals surface area contributed by atoms with E-state index in [0.717, 1.165) is 23.6 Å². The average molecular weight is 248 g/mol. The van der Waals surface area contributed by atoms with E-state index >= 15 is 0 Å². The highest BCUT2D eigenvalue weighted by Gasteiger charge is 2.07. The molecule has 1 aromatic carbocycles. The molecule has 2 nitrogen and oxygen atoms in total.